The van der Waals surface area contributed by atoms with Gasteiger partial charge in [0.05, 0.1) is 24.7 Å². The van der Waals surface area contributed by atoms with Crippen LogP contribution in [0.4, 0.5) is 5.69 Å². The van der Waals surface area contributed by atoms with Crippen molar-refractivity contribution in [3.63, 3.8) is 0 Å². The van der Waals surface area contributed by atoms with Gasteiger partial charge in [-0.3, -0.25) is 14.9 Å². The molecule has 0 bridgehead atoms. The lowest BCUT2D eigenvalue weighted by atomic mass is 9.91. The molecule has 3 N–H and O–H groups in total. The van der Waals surface area contributed by atoms with Crippen LogP contribution in [0.1, 0.15) is 43.0 Å². The Morgan fingerprint density at radius 2 is 1.96 bits per heavy atom. The molecular weight excluding hydrogens is 350 g/mol. The monoisotopic (exact) mass is 373 g/mol. The maximum atomic E-state index is 12.5. The smallest absolute Gasteiger partial charge is 0.286 e. The molecule has 2 rings (SSSR count). The molecule has 1 aliphatic rings. The van der Waals surface area contributed by atoms with Crippen LogP contribution in [0.25, 0.3) is 0 Å². The second-order valence-corrected chi connectivity index (χ2v) is 5.80. The minimum Gasteiger partial charge on any atom is -0.493 e. The molecule has 1 aliphatic carbocycles. The Labute approximate surface area is 152 Å². The van der Waals surface area contributed by atoms with Gasteiger partial charge in [0.25, 0.3) is 11.6 Å². The van der Waals surface area contributed by atoms with E-state index in [0.29, 0.717) is 12.4 Å². The number of hydrogen-bond acceptors (Lipinski definition) is 6. The number of nitrogens with zero attached hydrogens (tertiary/aromatic N) is 1. The molecule has 8 nitrogen and oxygen atoms in total. The fraction of sp³-hybridized carbons (Fsp3) is 0.562. The van der Waals surface area contributed by atoms with Crippen LogP contribution in [-0.2, 0) is 0 Å². The topological polar surface area (TPSA) is 117 Å². The second-order valence-electron chi connectivity index (χ2n) is 5.80. The first-order chi connectivity index (χ1) is 11.5. The number of methoxy groups -OCH3 is 1. The number of carbonyl (C=O) groups excluding carboxylic acids is 1. The van der Waals surface area contributed by atoms with Crippen LogP contribution >= 0.6 is 12.4 Å². The molecule has 0 aliphatic heterocycles. The number of nitro benzene ring substituents is 1. The van der Waals surface area contributed by atoms with Gasteiger partial charge in [-0.1, -0.05) is 0 Å². The molecule has 25 heavy (non-hydrogen) atoms. The summed E-state index contributed by atoms with van der Waals surface area (Å²) >= 11 is 0. The molecule has 0 saturated heterocycles. The number of nitro groups is 1. The lowest BCUT2D eigenvalue weighted by Gasteiger charge is -2.26. The number of halogens is 1. The number of rotatable bonds is 6. The molecule has 1 aromatic rings. The zero-order chi connectivity index (χ0) is 17.7. The van der Waals surface area contributed by atoms with Crippen LogP contribution < -0.4 is 20.5 Å². The van der Waals surface area contributed by atoms with Gasteiger partial charge in [-0.25, -0.2) is 0 Å². The fourth-order valence-electron chi connectivity index (χ4n) is 2.84. The Morgan fingerprint density at radius 3 is 2.48 bits per heavy atom. The van der Waals surface area contributed by atoms with Gasteiger partial charge in [0.15, 0.2) is 11.5 Å². The van der Waals surface area contributed by atoms with Crippen molar-refractivity contribution < 1.29 is 19.2 Å². The highest BCUT2D eigenvalue weighted by Crippen LogP contribution is 2.35. The second kappa shape index (κ2) is 9.43. The fourth-order valence-corrected chi connectivity index (χ4v) is 2.84. The molecule has 0 atom stereocenters. The van der Waals surface area contributed by atoms with Crippen LogP contribution in [0.5, 0.6) is 11.5 Å². The van der Waals surface area contributed by atoms with E-state index >= 15 is 0 Å². The minimum absolute atomic E-state index is 0. The summed E-state index contributed by atoms with van der Waals surface area (Å²) in [5, 5.41) is 14.2. The summed E-state index contributed by atoms with van der Waals surface area (Å²) in [4.78, 5) is 23.3. The first-order valence-electron chi connectivity index (χ1n) is 8.01. The summed E-state index contributed by atoms with van der Waals surface area (Å²) in [6, 6.07) is 2.73. The zero-order valence-corrected chi connectivity index (χ0v) is 15.1. The van der Waals surface area contributed by atoms with E-state index in [0.717, 1.165) is 25.7 Å². The summed E-state index contributed by atoms with van der Waals surface area (Å²) in [5.41, 5.74) is 5.52. The average molecular weight is 374 g/mol. The van der Waals surface area contributed by atoms with Crippen molar-refractivity contribution >= 4 is 24.0 Å². The number of benzene rings is 1. The molecule has 1 fully saturated rings. The number of ether oxygens (including phenoxy) is 2. The van der Waals surface area contributed by atoms with E-state index in [9.17, 15) is 14.9 Å². The largest absolute Gasteiger partial charge is 0.493 e. The maximum absolute atomic E-state index is 12.5. The van der Waals surface area contributed by atoms with Crippen LogP contribution in [0.2, 0.25) is 0 Å². The van der Waals surface area contributed by atoms with Crippen molar-refractivity contribution in [2.24, 2.45) is 5.73 Å². The number of nitrogens with two attached hydrogens (primary N) is 1. The summed E-state index contributed by atoms with van der Waals surface area (Å²) < 4.78 is 10.5. The third-order valence-electron chi connectivity index (χ3n) is 4.13. The zero-order valence-electron chi connectivity index (χ0n) is 14.3. The Hall–Kier alpha value is -2.06. The van der Waals surface area contributed by atoms with Crippen LogP contribution in [0.15, 0.2) is 12.1 Å². The quantitative estimate of drug-likeness (QED) is 0.584. The van der Waals surface area contributed by atoms with E-state index < -0.39 is 10.8 Å². The molecular formula is C16H24ClN3O5. The molecule has 140 valence electrons. The standard InChI is InChI=1S/C16H23N3O5.ClH/c1-3-24-15-8-12(13(19(21)22)9-14(15)23-2)16(20)18-11-6-4-10(17)5-7-11;/h8-11H,3-7,17H2,1-2H3,(H,18,20);1H. The van der Waals surface area contributed by atoms with Gasteiger partial charge in [-0.05, 0) is 32.6 Å². The predicted octanol–water partition coefficient (Wildman–Crippen LogP) is 2.42. The molecule has 0 heterocycles. The lowest BCUT2D eigenvalue weighted by Crippen LogP contribution is -2.40. The van der Waals surface area contributed by atoms with Crippen molar-refractivity contribution in [2.45, 2.75) is 44.7 Å². The van der Waals surface area contributed by atoms with Gasteiger partial charge in [0.2, 0.25) is 0 Å². The van der Waals surface area contributed by atoms with Gasteiger partial charge >= 0.3 is 0 Å². The first-order valence-corrected chi connectivity index (χ1v) is 8.01. The Morgan fingerprint density at radius 1 is 1.32 bits per heavy atom. The van der Waals surface area contributed by atoms with Crippen LogP contribution in [0, 0.1) is 10.1 Å². The van der Waals surface area contributed by atoms with Crippen molar-refractivity contribution in [3.8, 4) is 11.5 Å². The van der Waals surface area contributed by atoms with E-state index in [1.54, 1.807) is 6.92 Å². The summed E-state index contributed by atoms with van der Waals surface area (Å²) in [5.74, 6) is 0.0518. The van der Waals surface area contributed by atoms with Crippen LogP contribution in [-0.4, -0.2) is 36.6 Å². The normalized spacial score (nSPS) is 19.5. The molecule has 0 unspecified atom stereocenters. The lowest BCUT2D eigenvalue weighted by molar-refractivity contribution is -0.385. The van der Waals surface area contributed by atoms with Gasteiger partial charge < -0.3 is 20.5 Å². The highest BCUT2D eigenvalue weighted by atomic mass is 35.5. The average Bonchev–Trinajstić information content (AvgIpc) is 2.56. The van der Waals surface area contributed by atoms with Crippen molar-refractivity contribution in [2.75, 3.05) is 13.7 Å². The molecule has 1 amide bonds. The van der Waals surface area contributed by atoms with E-state index in [1.165, 1.54) is 19.2 Å². The van der Waals surface area contributed by atoms with Gasteiger partial charge in [-0.2, -0.15) is 0 Å². The number of amides is 1. The number of carbonyl (C=O) groups is 1. The SMILES string of the molecule is CCOc1cc(C(=O)NC2CCC(N)CC2)c([N+](=O)[O-])cc1OC.Cl. The van der Waals surface area contributed by atoms with E-state index in [1.807, 2.05) is 0 Å². The number of hydrogen-bond donors (Lipinski definition) is 2. The van der Waals surface area contributed by atoms with Gasteiger partial charge in [0, 0.05) is 18.2 Å². The van der Waals surface area contributed by atoms with E-state index in [-0.39, 0.29) is 41.5 Å². The van der Waals surface area contributed by atoms with Gasteiger partial charge in [-0.15, -0.1) is 12.4 Å². The summed E-state index contributed by atoms with van der Waals surface area (Å²) in [7, 11) is 1.40. The number of nitrogens with one attached hydrogen (secondary N) is 1. The molecule has 9 heteroatoms. The molecule has 0 aromatic heterocycles. The van der Waals surface area contributed by atoms with Crippen molar-refractivity contribution in [3.05, 3.63) is 27.8 Å². The highest BCUT2D eigenvalue weighted by molar-refractivity contribution is 5.99. The third kappa shape index (κ3) is 5.20. The van der Waals surface area contributed by atoms with Crippen molar-refractivity contribution in [1.29, 1.82) is 0 Å². The summed E-state index contributed by atoms with van der Waals surface area (Å²) in [6.45, 7) is 2.14. The molecule has 1 saturated carbocycles. The summed E-state index contributed by atoms with van der Waals surface area (Å²) in [6.07, 6.45) is 3.21. The predicted molar refractivity (Wildman–Crippen MR) is 95.8 cm³/mol. The van der Waals surface area contributed by atoms with Crippen LogP contribution in [0.3, 0.4) is 0 Å². The highest BCUT2D eigenvalue weighted by Gasteiger charge is 2.27. The maximum Gasteiger partial charge on any atom is 0.286 e. The Kier molecular flexibility index (Phi) is 7.92. The van der Waals surface area contributed by atoms with Gasteiger partial charge in [0.1, 0.15) is 5.56 Å². The third-order valence-corrected chi connectivity index (χ3v) is 4.13. The molecule has 1 aromatic carbocycles. The minimum atomic E-state index is -0.593. The molecule has 0 spiro atoms. The van der Waals surface area contributed by atoms with E-state index in [2.05, 4.69) is 5.32 Å². The van der Waals surface area contributed by atoms with Crippen molar-refractivity contribution in [1.82, 2.24) is 5.32 Å². The van der Waals surface area contributed by atoms with E-state index in [4.69, 9.17) is 15.2 Å². The molecule has 0 radical (unpaired) electrons. The Bertz CT molecular complexity index is 618. The first kappa shape index (κ1) is 21.0. The Balaban J connectivity index is 0.00000312.